The molecule has 0 saturated carbocycles. The molecule has 0 bridgehead atoms. The molecule has 0 unspecified atom stereocenters. The van der Waals surface area contributed by atoms with Gasteiger partial charge in [0.1, 0.15) is 0 Å². The van der Waals surface area contributed by atoms with Crippen molar-refractivity contribution in [1.82, 2.24) is 5.32 Å². The lowest BCUT2D eigenvalue weighted by Crippen LogP contribution is -2.34. The summed E-state index contributed by atoms with van der Waals surface area (Å²) in [6.07, 6.45) is 1.53. The SMILES string of the molecule is O=C(CCC(=O)OCCCc1ccccc1)NC(=S)Nc1cccc(Cl)c1Cl. The number of rotatable bonds is 8. The molecule has 2 rings (SSSR count). The van der Waals surface area contributed by atoms with Crippen LogP contribution in [-0.2, 0) is 20.7 Å². The van der Waals surface area contributed by atoms with Crippen molar-refractivity contribution in [2.75, 3.05) is 11.9 Å². The number of thiocarbonyl (C=S) groups is 1. The lowest BCUT2D eigenvalue weighted by molar-refractivity contribution is -0.145. The Morgan fingerprint density at radius 2 is 1.75 bits per heavy atom. The van der Waals surface area contributed by atoms with Crippen molar-refractivity contribution < 1.29 is 14.3 Å². The Hall–Kier alpha value is -2.15. The van der Waals surface area contributed by atoms with Crippen LogP contribution in [0, 0.1) is 0 Å². The van der Waals surface area contributed by atoms with Gasteiger partial charge in [-0.15, -0.1) is 0 Å². The molecule has 0 saturated heterocycles. The van der Waals surface area contributed by atoms with Gasteiger partial charge in [0.05, 0.1) is 28.8 Å². The quantitative estimate of drug-likeness (QED) is 0.353. The number of carbonyl (C=O) groups excluding carboxylic acids is 2. The normalized spacial score (nSPS) is 10.2. The number of anilines is 1. The molecule has 0 fully saturated rings. The molecule has 0 radical (unpaired) electrons. The number of esters is 1. The van der Waals surface area contributed by atoms with Crippen LogP contribution in [0.1, 0.15) is 24.8 Å². The van der Waals surface area contributed by atoms with Gasteiger partial charge in [0.15, 0.2) is 5.11 Å². The van der Waals surface area contributed by atoms with Gasteiger partial charge in [0, 0.05) is 6.42 Å². The zero-order valence-corrected chi connectivity index (χ0v) is 17.4. The molecule has 0 aliphatic carbocycles. The first-order chi connectivity index (χ1) is 13.5. The third-order valence-electron chi connectivity index (χ3n) is 3.72. The predicted molar refractivity (Wildman–Crippen MR) is 116 cm³/mol. The Balaban J connectivity index is 1.62. The molecule has 28 heavy (non-hydrogen) atoms. The van der Waals surface area contributed by atoms with Gasteiger partial charge in [-0.2, -0.15) is 0 Å². The number of hydrogen-bond donors (Lipinski definition) is 2. The summed E-state index contributed by atoms with van der Waals surface area (Å²) in [7, 11) is 0. The first-order valence-electron chi connectivity index (χ1n) is 8.70. The number of aryl methyl sites for hydroxylation is 1. The van der Waals surface area contributed by atoms with Gasteiger partial charge in [-0.25, -0.2) is 0 Å². The van der Waals surface area contributed by atoms with Crippen molar-refractivity contribution in [2.45, 2.75) is 25.7 Å². The van der Waals surface area contributed by atoms with Crippen LogP contribution in [0.4, 0.5) is 5.69 Å². The minimum atomic E-state index is -0.417. The van der Waals surface area contributed by atoms with Crippen molar-refractivity contribution in [3.05, 3.63) is 64.1 Å². The number of hydrogen-bond acceptors (Lipinski definition) is 4. The zero-order chi connectivity index (χ0) is 20.4. The van der Waals surface area contributed by atoms with Gasteiger partial charge in [0.2, 0.25) is 5.91 Å². The monoisotopic (exact) mass is 438 g/mol. The Morgan fingerprint density at radius 3 is 2.50 bits per heavy atom. The molecule has 0 spiro atoms. The number of carbonyl (C=O) groups is 2. The van der Waals surface area contributed by atoms with Gasteiger partial charge < -0.3 is 15.4 Å². The summed E-state index contributed by atoms with van der Waals surface area (Å²) >= 11 is 17.0. The fourth-order valence-corrected chi connectivity index (χ4v) is 2.91. The fraction of sp³-hybridized carbons (Fsp3) is 0.250. The van der Waals surface area contributed by atoms with Crippen molar-refractivity contribution >= 4 is 58.1 Å². The van der Waals surface area contributed by atoms with Crippen LogP contribution in [-0.4, -0.2) is 23.6 Å². The van der Waals surface area contributed by atoms with Crippen LogP contribution in [0.15, 0.2) is 48.5 Å². The maximum atomic E-state index is 11.9. The van der Waals surface area contributed by atoms with E-state index < -0.39 is 11.9 Å². The molecule has 0 aromatic heterocycles. The number of ether oxygens (including phenoxy) is 1. The predicted octanol–water partition coefficient (Wildman–Crippen LogP) is 4.76. The molecule has 2 aromatic carbocycles. The highest BCUT2D eigenvalue weighted by atomic mass is 35.5. The van der Waals surface area contributed by atoms with Gasteiger partial charge in [0.25, 0.3) is 0 Å². The summed E-state index contributed by atoms with van der Waals surface area (Å²) < 4.78 is 5.14. The third-order valence-corrected chi connectivity index (χ3v) is 4.75. The highest BCUT2D eigenvalue weighted by Crippen LogP contribution is 2.29. The van der Waals surface area contributed by atoms with Crippen molar-refractivity contribution in [3.8, 4) is 0 Å². The smallest absolute Gasteiger partial charge is 0.306 e. The highest BCUT2D eigenvalue weighted by Gasteiger charge is 2.11. The van der Waals surface area contributed by atoms with Gasteiger partial charge in [-0.1, -0.05) is 59.6 Å². The lowest BCUT2D eigenvalue weighted by Gasteiger charge is -2.11. The van der Waals surface area contributed by atoms with Crippen molar-refractivity contribution in [3.63, 3.8) is 0 Å². The van der Waals surface area contributed by atoms with Crippen LogP contribution >= 0.6 is 35.4 Å². The molecule has 0 heterocycles. The summed E-state index contributed by atoms with van der Waals surface area (Å²) in [5, 5.41) is 6.04. The molecule has 5 nitrogen and oxygen atoms in total. The van der Waals surface area contributed by atoms with E-state index in [4.69, 9.17) is 40.2 Å². The molecule has 1 amide bonds. The summed E-state index contributed by atoms with van der Waals surface area (Å²) in [5.74, 6) is -0.808. The Labute approximate surface area is 179 Å². The average Bonchev–Trinajstić information content (AvgIpc) is 2.68. The second-order valence-corrected chi connectivity index (χ2v) is 7.11. The van der Waals surface area contributed by atoms with E-state index in [2.05, 4.69) is 10.6 Å². The molecule has 2 N–H and O–H groups in total. The minimum Gasteiger partial charge on any atom is -0.466 e. The van der Waals surface area contributed by atoms with E-state index in [-0.39, 0.29) is 18.0 Å². The lowest BCUT2D eigenvalue weighted by atomic mass is 10.1. The van der Waals surface area contributed by atoms with Crippen LogP contribution < -0.4 is 10.6 Å². The Morgan fingerprint density at radius 1 is 1.00 bits per heavy atom. The number of amides is 1. The maximum Gasteiger partial charge on any atom is 0.306 e. The maximum absolute atomic E-state index is 11.9. The van der Waals surface area contributed by atoms with Gasteiger partial charge in [-0.05, 0) is 42.8 Å². The second kappa shape index (κ2) is 11.6. The Kier molecular flexibility index (Phi) is 9.20. The third kappa shape index (κ3) is 7.84. The first kappa shape index (κ1) is 22.1. The van der Waals surface area contributed by atoms with E-state index in [1.54, 1.807) is 18.2 Å². The van der Waals surface area contributed by atoms with E-state index in [0.717, 1.165) is 12.8 Å². The average molecular weight is 439 g/mol. The van der Waals surface area contributed by atoms with Gasteiger partial charge >= 0.3 is 5.97 Å². The molecule has 2 aromatic rings. The van der Waals surface area contributed by atoms with E-state index >= 15 is 0 Å². The van der Waals surface area contributed by atoms with Crippen LogP contribution in [0.2, 0.25) is 10.0 Å². The van der Waals surface area contributed by atoms with E-state index in [1.165, 1.54) is 5.56 Å². The minimum absolute atomic E-state index is 0.0162. The standard InChI is InChI=1S/C20H20Cl2N2O3S/c21-15-9-4-10-16(19(15)22)23-20(28)24-17(25)11-12-18(26)27-13-5-8-14-6-2-1-3-7-14/h1-4,6-7,9-10H,5,8,11-13H2,(H2,23,24,25,28). The van der Waals surface area contributed by atoms with E-state index in [9.17, 15) is 9.59 Å². The molecule has 0 atom stereocenters. The van der Waals surface area contributed by atoms with Crippen LogP contribution in [0.25, 0.3) is 0 Å². The largest absolute Gasteiger partial charge is 0.466 e. The molecular weight excluding hydrogens is 419 g/mol. The molecule has 148 valence electrons. The van der Waals surface area contributed by atoms with Crippen molar-refractivity contribution in [2.24, 2.45) is 0 Å². The van der Waals surface area contributed by atoms with E-state index in [0.29, 0.717) is 22.3 Å². The van der Waals surface area contributed by atoms with E-state index in [1.807, 2.05) is 30.3 Å². The molecular formula is C20H20Cl2N2O3S. The van der Waals surface area contributed by atoms with Gasteiger partial charge in [-0.3, -0.25) is 9.59 Å². The topological polar surface area (TPSA) is 67.4 Å². The second-order valence-electron chi connectivity index (χ2n) is 5.91. The number of nitrogens with one attached hydrogen (secondary N) is 2. The highest BCUT2D eigenvalue weighted by molar-refractivity contribution is 7.80. The molecule has 0 aliphatic rings. The number of benzene rings is 2. The first-order valence-corrected chi connectivity index (χ1v) is 9.86. The Bertz CT molecular complexity index is 831. The van der Waals surface area contributed by atoms with Crippen molar-refractivity contribution in [1.29, 1.82) is 0 Å². The molecule has 8 heteroatoms. The van der Waals surface area contributed by atoms with Crippen LogP contribution in [0.3, 0.4) is 0 Å². The molecule has 0 aliphatic heterocycles. The summed E-state index contributed by atoms with van der Waals surface area (Å²) in [6, 6.07) is 15.0. The summed E-state index contributed by atoms with van der Waals surface area (Å²) in [4.78, 5) is 23.6. The summed E-state index contributed by atoms with van der Waals surface area (Å²) in [5.41, 5.74) is 1.68. The van der Waals surface area contributed by atoms with Crippen LogP contribution in [0.5, 0.6) is 0 Å². The fourth-order valence-electron chi connectivity index (χ4n) is 2.34. The number of halogens is 2. The summed E-state index contributed by atoms with van der Waals surface area (Å²) in [6.45, 7) is 0.322. The zero-order valence-electron chi connectivity index (χ0n) is 15.0.